The van der Waals surface area contributed by atoms with Gasteiger partial charge in [-0.05, 0) is 17.5 Å². The molecule has 1 unspecified atom stereocenters. The second kappa shape index (κ2) is 4.63. The van der Waals surface area contributed by atoms with E-state index < -0.39 is 16.8 Å². The third-order valence-electron chi connectivity index (χ3n) is 1.96. The first-order valence-corrected chi connectivity index (χ1v) is 6.60. The molecule has 84 valence electrons. The van der Waals surface area contributed by atoms with Crippen molar-refractivity contribution in [3.8, 4) is 0 Å². The lowest BCUT2D eigenvalue weighted by molar-refractivity contribution is 0.0695. The Bertz CT molecular complexity index is 513. The first-order valence-electron chi connectivity index (χ1n) is 4.40. The Labute approximate surface area is 98.0 Å². The Hall–Kier alpha value is -1.40. The van der Waals surface area contributed by atoms with Crippen LogP contribution in [0, 0.1) is 0 Å². The molecular weight excluding hydrogens is 248 g/mol. The highest BCUT2D eigenvalue weighted by atomic mass is 32.2. The molecule has 2 aromatic rings. The highest BCUT2D eigenvalue weighted by molar-refractivity contribution is 7.86. The van der Waals surface area contributed by atoms with Crippen molar-refractivity contribution in [1.29, 1.82) is 0 Å². The van der Waals surface area contributed by atoms with Gasteiger partial charge in [-0.25, -0.2) is 4.79 Å². The molecule has 0 saturated heterocycles. The maximum atomic E-state index is 11.8. The van der Waals surface area contributed by atoms with Crippen molar-refractivity contribution >= 4 is 28.1 Å². The summed E-state index contributed by atoms with van der Waals surface area (Å²) < 4.78 is 17.6. The smallest absolute Gasteiger partial charge is 0.339 e. The van der Waals surface area contributed by atoms with Gasteiger partial charge in [0.2, 0.25) is 0 Å². The van der Waals surface area contributed by atoms with Gasteiger partial charge in [0, 0.05) is 0 Å². The first kappa shape index (κ1) is 11.1. The zero-order valence-electron chi connectivity index (χ0n) is 8.08. The predicted octanol–water partition coefficient (Wildman–Crippen LogP) is 2.35. The van der Waals surface area contributed by atoms with Gasteiger partial charge in [0.15, 0.2) is 0 Å². The van der Waals surface area contributed by atoms with Crippen molar-refractivity contribution in [2.75, 3.05) is 0 Å². The highest BCUT2D eigenvalue weighted by Gasteiger charge is 2.16. The molecule has 0 amide bonds. The molecule has 0 radical (unpaired) electrons. The van der Waals surface area contributed by atoms with Crippen LogP contribution >= 0.6 is 11.3 Å². The van der Waals surface area contributed by atoms with E-state index in [1.54, 1.807) is 12.1 Å². The lowest BCUT2D eigenvalue weighted by Gasteiger charge is -1.97. The molecule has 4 nitrogen and oxygen atoms in total. The number of carbonyl (C=O) groups is 1. The number of furan rings is 1. The van der Waals surface area contributed by atoms with Crippen LogP contribution in [0.1, 0.15) is 16.1 Å². The van der Waals surface area contributed by atoms with E-state index in [4.69, 9.17) is 9.52 Å². The Morgan fingerprint density at radius 2 is 2.31 bits per heavy atom. The maximum Gasteiger partial charge on any atom is 0.339 e. The average molecular weight is 256 g/mol. The molecule has 6 heteroatoms. The van der Waals surface area contributed by atoms with E-state index >= 15 is 0 Å². The number of hydrogen-bond acceptors (Lipinski definition) is 4. The van der Waals surface area contributed by atoms with Crippen LogP contribution in [0.4, 0.5) is 0 Å². The molecule has 0 aliphatic carbocycles. The van der Waals surface area contributed by atoms with Crippen molar-refractivity contribution in [2.24, 2.45) is 0 Å². The van der Waals surface area contributed by atoms with Gasteiger partial charge in [0.1, 0.15) is 11.3 Å². The van der Waals surface area contributed by atoms with E-state index in [1.807, 2.05) is 5.38 Å². The Balaban J connectivity index is 2.18. The largest absolute Gasteiger partial charge is 0.478 e. The molecule has 1 N–H and O–H groups in total. The van der Waals surface area contributed by atoms with Gasteiger partial charge in [-0.2, -0.15) is 0 Å². The quantitative estimate of drug-likeness (QED) is 0.911. The van der Waals surface area contributed by atoms with Gasteiger partial charge in [-0.15, -0.1) is 11.3 Å². The van der Waals surface area contributed by atoms with Gasteiger partial charge in [-0.1, -0.05) is 6.07 Å². The monoisotopic (exact) mass is 256 g/mol. The summed E-state index contributed by atoms with van der Waals surface area (Å²) in [7, 11) is -1.25. The molecule has 2 rings (SSSR count). The zero-order chi connectivity index (χ0) is 11.5. The topological polar surface area (TPSA) is 67.5 Å². The minimum Gasteiger partial charge on any atom is -0.478 e. The zero-order valence-corrected chi connectivity index (χ0v) is 9.72. The molecular formula is C10H8O4S2. The summed E-state index contributed by atoms with van der Waals surface area (Å²) in [6.45, 7) is 0. The van der Waals surface area contributed by atoms with E-state index in [0.717, 1.165) is 0 Å². The Morgan fingerprint density at radius 1 is 1.50 bits per heavy atom. The number of rotatable bonds is 4. The number of carboxylic acids is 1. The third kappa shape index (κ3) is 2.23. The average Bonchev–Trinajstić information content (AvgIpc) is 2.86. The number of thiophene rings is 1. The molecule has 0 bridgehead atoms. The maximum absolute atomic E-state index is 11.8. The van der Waals surface area contributed by atoms with Gasteiger partial charge in [-0.3, -0.25) is 4.21 Å². The Morgan fingerprint density at radius 3 is 2.94 bits per heavy atom. The van der Waals surface area contributed by atoms with Crippen molar-refractivity contribution in [3.05, 3.63) is 41.2 Å². The molecule has 0 spiro atoms. The molecule has 0 fully saturated rings. The fourth-order valence-electron chi connectivity index (χ4n) is 1.23. The molecule has 0 aliphatic heterocycles. The van der Waals surface area contributed by atoms with Crippen molar-refractivity contribution in [3.63, 3.8) is 0 Å². The molecule has 0 saturated carbocycles. The standard InChI is InChI=1S/C10H8O4S2/c11-10(12)7-3-4-14-8(7)6-16(13)9-2-1-5-15-9/h1-5H,6H2,(H,11,12). The number of aromatic carboxylic acids is 1. The van der Waals surface area contributed by atoms with Crippen LogP contribution in [0.2, 0.25) is 0 Å². The highest BCUT2D eigenvalue weighted by Crippen LogP contribution is 2.20. The summed E-state index contributed by atoms with van der Waals surface area (Å²) in [5.41, 5.74) is 0.0740. The van der Waals surface area contributed by atoms with Crippen LogP contribution < -0.4 is 0 Å². The van der Waals surface area contributed by atoms with Crippen LogP contribution in [-0.2, 0) is 16.6 Å². The Kier molecular flexibility index (Phi) is 3.21. The summed E-state index contributed by atoms with van der Waals surface area (Å²) in [4.78, 5) is 10.8. The predicted molar refractivity (Wildman–Crippen MR) is 60.1 cm³/mol. The van der Waals surface area contributed by atoms with E-state index in [0.29, 0.717) is 4.21 Å². The molecule has 16 heavy (non-hydrogen) atoms. The third-order valence-corrected chi connectivity index (χ3v) is 4.57. The van der Waals surface area contributed by atoms with Gasteiger partial charge < -0.3 is 9.52 Å². The number of carboxylic acid groups (broad SMARTS) is 1. The van der Waals surface area contributed by atoms with Crippen LogP contribution in [-0.4, -0.2) is 15.3 Å². The normalized spacial score (nSPS) is 12.5. The summed E-state index contributed by atoms with van der Waals surface area (Å²) >= 11 is 1.38. The first-order chi connectivity index (χ1) is 7.68. The fourth-order valence-corrected chi connectivity index (χ4v) is 3.28. The van der Waals surface area contributed by atoms with E-state index in [9.17, 15) is 9.00 Å². The SMILES string of the molecule is O=C(O)c1ccoc1CS(=O)c1cccs1. The fraction of sp³-hybridized carbons (Fsp3) is 0.100. The second-order valence-electron chi connectivity index (χ2n) is 2.98. The molecule has 2 heterocycles. The molecule has 0 aliphatic rings. The van der Waals surface area contributed by atoms with E-state index in [2.05, 4.69) is 0 Å². The molecule has 2 aromatic heterocycles. The van der Waals surface area contributed by atoms with Crippen molar-refractivity contribution in [1.82, 2.24) is 0 Å². The summed E-state index contributed by atoms with van der Waals surface area (Å²) in [5.74, 6) is -0.721. The summed E-state index contributed by atoms with van der Waals surface area (Å²) in [5, 5.41) is 10.7. The van der Waals surface area contributed by atoms with Crippen LogP contribution in [0.3, 0.4) is 0 Å². The van der Waals surface area contributed by atoms with Crippen LogP contribution in [0.25, 0.3) is 0 Å². The van der Waals surface area contributed by atoms with Crippen LogP contribution in [0.15, 0.2) is 38.5 Å². The lowest BCUT2D eigenvalue weighted by atomic mass is 10.3. The van der Waals surface area contributed by atoms with Gasteiger partial charge >= 0.3 is 5.97 Å². The summed E-state index contributed by atoms with van der Waals surface area (Å²) in [6, 6.07) is 4.92. The van der Waals surface area contributed by atoms with E-state index in [1.165, 1.54) is 23.7 Å². The lowest BCUT2D eigenvalue weighted by Crippen LogP contribution is -2.01. The van der Waals surface area contributed by atoms with Gasteiger partial charge in [0.05, 0.1) is 27.0 Å². The van der Waals surface area contributed by atoms with Crippen molar-refractivity contribution < 1.29 is 18.5 Å². The van der Waals surface area contributed by atoms with Crippen molar-refractivity contribution in [2.45, 2.75) is 9.96 Å². The van der Waals surface area contributed by atoms with Gasteiger partial charge in [0.25, 0.3) is 0 Å². The molecule has 1 atom stereocenters. The molecule has 0 aromatic carbocycles. The summed E-state index contributed by atoms with van der Waals surface area (Å²) in [6.07, 6.45) is 1.30. The number of hydrogen-bond donors (Lipinski definition) is 1. The van der Waals surface area contributed by atoms with E-state index in [-0.39, 0.29) is 17.1 Å². The minimum absolute atomic E-state index is 0.0740. The second-order valence-corrected chi connectivity index (χ2v) is 5.61. The van der Waals surface area contributed by atoms with Crippen LogP contribution in [0.5, 0.6) is 0 Å². The minimum atomic E-state index is -1.25.